The molecule has 1 aromatic carbocycles. The summed E-state index contributed by atoms with van der Waals surface area (Å²) in [7, 11) is 0. The van der Waals surface area contributed by atoms with Gasteiger partial charge < -0.3 is 10.4 Å². The number of phenolic OH excluding ortho intramolecular Hbond substituents is 1. The molecule has 0 spiro atoms. The van der Waals surface area contributed by atoms with Crippen LogP contribution in [-0.2, 0) is 0 Å². The Labute approximate surface area is 88.8 Å². The number of aromatic hydroxyl groups is 1. The van der Waals surface area contributed by atoms with Crippen molar-refractivity contribution in [3.8, 4) is 5.75 Å². The first-order chi connectivity index (χ1) is 7.15. The Morgan fingerprint density at radius 3 is 2.67 bits per heavy atom. The van der Waals surface area contributed by atoms with Crippen molar-refractivity contribution in [2.45, 2.75) is 19.9 Å². The minimum atomic E-state index is 0.247. The predicted molar refractivity (Wildman–Crippen MR) is 62.2 cm³/mol. The summed E-state index contributed by atoms with van der Waals surface area (Å²) in [5, 5.41) is 13.6. The zero-order chi connectivity index (χ0) is 10.8. The van der Waals surface area contributed by atoms with Crippen LogP contribution in [0.25, 0.3) is 10.9 Å². The van der Waals surface area contributed by atoms with Crippen molar-refractivity contribution in [3.63, 3.8) is 0 Å². The maximum Gasteiger partial charge on any atom is 0.126 e. The van der Waals surface area contributed by atoms with Gasteiger partial charge in [-0.2, -0.15) is 0 Å². The molecular weight excluding hydrogens is 188 g/mol. The second-order valence-corrected chi connectivity index (χ2v) is 3.87. The van der Waals surface area contributed by atoms with E-state index < -0.39 is 0 Å². The van der Waals surface area contributed by atoms with Gasteiger partial charge in [0.1, 0.15) is 11.6 Å². The number of rotatable bonds is 2. The smallest absolute Gasteiger partial charge is 0.126 e. The lowest BCUT2D eigenvalue weighted by Gasteiger charge is -2.09. The first-order valence-corrected chi connectivity index (χ1v) is 5.01. The maximum atomic E-state index is 9.34. The third-order valence-corrected chi connectivity index (χ3v) is 2.11. The number of phenols is 1. The standard InChI is InChI=1S/C12H14N2O/c1-8(2)13-12-6-4-9-3-5-10(15)7-11(9)14-12/h3-8,15H,1-2H3,(H,13,14). The van der Waals surface area contributed by atoms with Crippen LogP contribution in [0.1, 0.15) is 13.8 Å². The largest absolute Gasteiger partial charge is 0.508 e. The molecule has 0 aliphatic carbocycles. The zero-order valence-corrected chi connectivity index (χ0v) is 8.86. The number of hydrogen-bond donors (Lipinski definition) is 2. The van der Waals surface area contributed by atoms with E-state index in [0.717, 1.165) is 16.7 Å². The van der Waals surface area contributed by atoms with Crippen molar-refractivity contribution in [1.29, 1.82) is 0 Å². The van der Waals surface area contributed by atoms with Gasteiger partial charge in [0.05, 0.1) is 5.52 Å². The summed E-state index contributed by atoms with van der Waals surface area (Å²) < 4.78 is 0. The Hall–Kier alpha value is -1.77. The molecule has 0 radical (unpaired) electrons. The fourth-order valence-corrected chi connectivity index (χ4v) is 1.48. The molecule has 3 nitrogen and oxygen atoms in total. The minimum Gasteiger partial charge on any atom is -0.508 e. The van der Waals surface area contributed by atoms with Crippen LogP contribution >= 0.6 is 0 Å². The molecule has 1 heterocycles. The number of pyridine rings is 1. The van der Waals surface area contributed by atoms with Crippen molar-refractivity contribution >= 4 is 16.7 Å². The Balaban J connectivity index is 2.45. The summed E-state index contributed by atoms with van der Waals surface area (Å²) in [4.78, 5) is 4.41. The molecule has 0 aliphatic heterocycles. The first kappa shape index (κ1) is 9.77. The van der Waals surface area contributed by atoms with Gasteiger partial charge in [-0.05, 0) is 38.1 Å². The van der Waals surface area contributed by atoms with Crippen molar-refractivity contribution < 1.29 is 5.11 Å². The summed E-state index contributed by atoms with van der Waals surface area (Å²) in [5.41, 5.74) is 0.806. The molecule has 0 fully saturated rings. The Bertz CT molecular complexity index is 480. The van der Waals surface area contributed by atoms with Crippen LogP contribution in [0.4, 0.5) is 5.82 Å². The van der Waals surface area contributed by atoms with Crippen molar-refractivity contribution in [2.75, 3.05) is 5.32 Å². The summed E-state index contributed by atoms with van der Waals surface area (Å²) in [6.45, 7) is 4.13. The van der Waals surface area contributed by atoms with Gasteiger partial charge in [-0.25, -0.2) is 4.98 Å². The number of aromatic nitrogens is 1. The Morgan fingerprint density at radius 1 is 1.20 bits per heavy atom. The minimum absolute atomic E-state index is 0.247. The lowest BCUT2D eigenvalue weighted by molar-refractivity contribution is 0.476. The molecular formula is C12H14N2O. The number of hydrogen-bond acceptors (Lipinski definition) is 3. The highest BCUT2D eigenvalue weighted by molar-refractivity contribution is 5.81. The molecule has 0 saturated carbocycles. The van der Waals surface area contributed by atoms with Crippen LogP contribution in [-0.4, -0.2) is 16.1 Å². The van der Waals surface area contributed by atoms with Crippen LogP contribution < -0.4 is 5.32 Å². The van der Waals surface area contributed by atoms with E-state index in [4.69, 9.17) is 0 Å². The van der Waals surface area contributed by atoms with Crippen LogP contribution in [0, 0.1) is 0 Å². The second-order valence-electron chi connectivity index (χ2n) is 3.87. The fraction of sp³-hybridized carbons (Fsp3) is 0.250. The quantitative estimate of drug-likeness (QED) is 0.787. The molecule has 2 rings (SSSR count). The topological polar surface area (TPSA) is 45.1 Å². The lowest BCUT2D eigenvalue weighted by Crippen LogP contribution is -2.10. The SMILES string of the molecule is CC(C)Nc1ccc2ccc(O)cc2n1. The average Bonchev–Trinajstić information content (AvgIpc) is 2.16. The first-order valence-electron chi connectivity index (χ1n) is 5.01. The predicted octanol–water partition coefficient (Wildman–Crippen LogP) is 2.76. The summed E-state index contributed by atoms with van der Waals surface area (Å²) in [6, 6.07) is 9.48. The number of anilines is 1. The highest BCUT2D eigenvalue weighted by atomic mass is 16.3. The van der Waals surface area contributed by atoms with E-state index >= 15 is 0 Å². The van der Waals surface area contributed by atoms with E-state index in [1.165, 1.54) is 0 Å². The van der Waals surface area contributed by atoms with Crippen molar-refractivity contribution in [3.05, 3.63) is 30.3 Å². The van der Waals surface area contributed by atoms with E-state index in [2.05, 4.69) is 24.1 Å². The van der Waals surface area contributed by atoms with Gasteiger partial charge in [-0.1, -0.05) is 0 Å². The molecule has 0 saturated heterocycles. The molecule has 2 aromatic rings. The van der Waals surface area contributed by atoms with Gasteiger partial charge in [0.15, 0.2) is 0 Å². The molecule has 15 heavy (non-hydrogen) atoms. The number of nitrogens with one attached hydrogen (secondary N) is 1. The van der Waals surface area contributed by atoms with Gasteiger partial charge in [0.25, 0.3) is 0 Å². The Morgan fingerprint density at radius 2 is 1.93 bits per heavy atom. The van der Waals surface area contributed by atoms with Gasteiger partial charge >= 0.3 is 0 Å². The average molecular weight is 202 g/mol. The van der Waals surface area contributed by atoms with Gasteiger partial charge in [-0.3, -0.25) is 0 Å². The molecule has 0 amide bonds. The highest BCUT2D eigenvalue weighted by Crippen LogP contribution is 2.20. The maximum absolute atomic E-state index is 9.34. The van der Waals surface area contributed by atoms with E-state index in [1.807, 2.05) is 18.2 Å². The summed E-state index contributed by atoms with van der Waals surface area (Å²) in [6.07, 6.45) is 0. The van der Waals surface area contributed by atoms with Crippen LogP contribution in [0.15, 0.2) is 30.3 Å². The Kier molecular flexibility index (Phi) is 2.46. The second kappa shape index (κ2) is 3.77. The lowest BCUT2D eigenvalue weighted by atomic mass is 10.2. The van der Waals surface area contributed by atoms with Crippen molar-refractivity contribution in [1.82, 2.24) is 4.98 Å². The zero-order valence-electron chi connectivity index (χ0n) is 8.86. The molecule has 0 atom stereocenters. The summed E-state index contributed by atoms with van der Waals surface area (Å²) >= 11 is 0. The van der Waals surface area contributed by atoms with Crippen LogP contribution in [0.5, 0.6) is 5.75 Å². The van der Waals surface area contributed by atoms with Crippen LogP contribution in [0.3, 0.4) is 0 Å². The fourth-order valence-electron chi connectivity index (χ4n) is 1.48. The van der Waals surface area contributed by atoms with E-state index in [1.54, 1.807) is 12.1 Å². The van der Waals surface area contributed by atoms with Crippen molar-refractivity contribution in [2.24, 2.45) is 0 Å². The molecule has 3 heteroatoms. The van der Waals surface area contributed by atoms with E-state index in [-0.39, 0.29) is 5.75 Å². The molecule has 1 aromatic heterocycles. The van der Waals surface area contributed by atoms with Gasteiger partial charge in [0.2, 0.25) is 0 Å². The summed E-state index contributed by atoms with van der Waals surface area (Å²) in [5.74, 6) is 1.08. The monoisotopic (exact) mass is 202 g/mol. The molecule has 0 unspecified atom stereocenters. The van der Waals surface area contributed by atoms with Gasteiger partial charge in [-0.15, -0.1) is 0 Å². The normalized spacial score (nSPS) is 10.9. The third kappa shape index (κ3) is 2.18. The van der Waals surface area contributed by atoms with E-state index in [9.17, 15) is 5.11 Å². The molecule has 0 aliphatic rings. The van der Waals surface area contributed by atoms with Crippen LogP contribution in [0.2, 0.25) is 0 Å². The molecule has 78 valence electrons. The highest BCUT2D eigenvalue weighted by Gasteiger charge is 2.00. The molecule has 0 bridgehead atoms. The van der Waals surface area contributed by atoms with Gasteiger partial charge in [0, 0.05) is 17.5 Å². The number of nitrogens with zero attached hydrogens (tertiary/aromatic N) is 1. The number of benzene rings is 1. The number of fused-ring (bicyclic) bond motifs is 1. The van der Waals surface area contributed by atoms with E-state index in [0.29, 0.717) is 6.04 Å². The third-order valence-electron chi connectivity index (χ3n) is 2.11. The molecule has 2 N–H and O–H groups in total.